The Hall–Kier alpha value is -1.74. The number of anilines is 2. The highest BCUT2D eigenvalue weighted by atomic mass is 35.5. The summed E-state index contributed by atoms with van der Waals surface area (Å²) in [4.78, 5) is 2.26. The van der Waals surface area contributed by atoms with Crippen LogP contribution in [0.2, 0.25) is 5.02 Å². The van der Waals surface area contributed by atoms with Gasteiger partial charge in [0.1, 0.15) is 5.82 Å². The quantitative estimate of drug-likeness (QED) is 0.887. The lowest BCUT2D eigenvalue weighted by molar-refractivity contribution is 0.616. The third kappa shape index (κ3) is 2.34. The number of hydrogen-bond donors (Lipinski definition) is 1. The molecule has 4 heteroatoms. The van der Waals surface area contributed by atoms with Gasteiger partial charge < -0.3 is 10.2 Å². The number of para-hydroxylation sites is 2. The van der Waals surface area contributed by atoms with Crippen LogP contribution in [-0.4, -0.2) is 12.6 Å². The van der Waals surface area contributed by atoms with E-state index in [0.29, 0.717) is 12.6 Å². The van der Waals surface area contributed by atoms with Crippen molar-refractivity contribution in [3.05, 3.63) is 58.9 Å². The van der Waals surface area contributed by atoms with Crippen LogP contribution < -0.4 is 10.2 Å². The van der Waals surface area contributed by atoms with E-state index in [0.717, 1.165) is 23.5 Å². The number of nitrogens with zero attached hydrogens (tertiary/aromatic N) is 1. The van der Waals surface area contributed by atoms with Crippen molar-refractivity contribution in [1.82, 2.24) is 0 Å². The zero-order valence-corrected chi connectivity index (χ0v) is 12.0. The molecule has 0 fully saturated rings. The van der Waals surface area contributed by atoms with E-state index in [1.807, 2.05) is 18.2 Å². The van der Waals surface area contributed by atoms with Crippen molar-refractivity contribution in [2.75, 3.05) is 16.8 Å². The van der Waals surface area contributed by atoms with Gasteiger partial charge in [-0.1, -0.05) is 35.9 Å². The lowest BCUT2D eigenvalue weighted by atomic mass is 10.1. The van der Waals surface area contributed by atoms with Crippen molar-refractivity contribution < 1.29 is 4.39 Å². The van der Waals surface area contributed by atoms with Crippen molar-refractivity contribution in [2.45, 2.75) is 19.5 Å². The molecular formula is C16H16ClFN2. The number of rotatable bonds is 2. The van der Waals surface area contributed by atoms with Crippen molar-refractivity contribution in [3.8, 4) is 0 Å². The van der Waals surface area contributed by atoms with Gasteiger partial charge in [0.25, 0.3) is 0 Å². The summed E-state index contributed by atoms with van der Waals surface area (Å²) in [5, 5.41) is 3.62. The molecular weight excluding hydrogens is 275 g/mol. The molecule has 2 nitrogen and oxygen atoms in total. The van der Waals surface area contributed by atoms with Gasteiger partial charge in [0.05, 0.1) is 16.4 Å². The molecule has 1 heterocycles. The van der Waals surface area contributed by atoms with Crippen molar-refractivity contribution in [2.24, 2.45) is 0 Å². The smallest absolute Gasteiger partial charge is 0.142 e. The summed E-state index contributed by atoms with van der Waals surface area (Å²) < 4.78 is 13.6. The molecule has 2 aromatic carbocycles. The predicted molar refractivity (Wildman–Crippen MR) is 82.0 cm³/mol. The first-order valence-electron chi connectivity index (χ1n) is 6.69. The molecule has 0 saturated heterocycles. The lowest BCUT2D eigenvalue weighted by Crippen LogP contribution is -2.41. The van der Waals surface area contributed by atoms with Crippen LogP contribution in [0.5, 0.6) is 0 Å². The SMILES string of the molecule is CC1CNc2ccccc2N1Cc1cccc(F)c1Cl. The van der Waals surface area contributed by atoms with Crippen LogP contribution in [0.4, 0.5) is 15.8 Å². The maximum Gasteiger partial charge on any atom is 0.142 e. The molecule has 20 heavy (non-hydrogen) atoms. The predicted octanol–water partition coefficient (Wildman–Crippen LogP) is 4.30. The van der Waals surface area contributed by atoms with Crippen LogP contribution in [0.3, 0.4) is 0 Å². The summed E-state index contributed by atoms with van der Waals surface area (Å²) in [6, 6.07) is 13.4. The molecule has 1 unspecified atom stereocenters. The Morgan fingerprint density at radius 1 is 1.25 bits per heavy atom. The number of hydrogen-bond acceptors (Lipinski definition) is 2. The number of benzene rings is 2. The van der Waals surface area contributed by atoms with Crippen LogP contribution in [-0.2, 0) is 6.54 Å². The number of halogens is 2. The average molecular weight is 291 g/mol. The Bertz CT molecular complexity index is 630. The zero-order chi connectivity index (χ0) is 14.1. The number of nitrogens with one attached hydrogen (secondary N) is 1. The van der Waals surface area contributed by atoms with Gasteiger partial charge in [0.2, 0.25) is 0 Å². The maximum atomic E-state index is 13.6. The first-order chi connectivity index (χ1) is 9.66. The minimum atomic E-state index is -0.361. The third-order valence-corrected chi connectivity index (χ3v) is 4.13. The molecule has 1 N–H and O–H groups in total. The summed E-state index contributed by atoms with van der Waals surface area (Å²) in [6.07, 6.45) is 0. The Labute approximate surface area is 123 Å². The molecule has 0 aliphatic carbocycles. The Morgan fingerprint density at radius 3 is 2.90 bits per heavy atom. The third-order valence-electron chi connectivity index (χ3n) is 3.71. The monoisotopic (exact) mass is 290 g/mol. The van der Waals surface area contributed by atoms with E-state index >= 15 is 0 Å². The van der Waals surface area contributed by atoms with Gasteiger partial charge in [-0.3, -0.25) is 0 Å². The van der Waals surface area contributed by atoms with Gasteiger partial charge >= 0.3 is 0 Å². The van der Waals surface area contributed by atoms with E-state index < -0.39 is 0 Å². The molecule has 1 aliphatic rings. The van der Waals surface area contributed by atoms with E-state index in [1.54, 1.807) is 6.07 Å². The molecule has 0 saturated carbocycles. The van der Waals surface area contributed by atoms with Gasteiger partial charge in [0, 0.05) is 19.1 Å². The van der Waals surface area contributed by atoms with Crippen LogP contribution >= 0.6 is 11.6 Å². The lowest BCUT2D eigenvalue weighted by Gasteiger charge is -2.38. The summed E-state index contributed by atoms with van der Waals surface area (Å²) in [6.45, 7) is 3.62. The van der Waals surface area contributed by atoms with Crippen LogP contribution in [0.25, 0.3) is 0 Å². The molecule has 2 aromatic rings. The van der Waals surface area contributed by atoms with Gasteiger partial charge in [-0.05, 0) is 30.7 Å². The van der Waals surface area contributed by atoms with Gasteiger partial charge in [-0.15, -0.1) is 0 Å². The van der Waals surface area contributed by atoms with Gasteiger partial charge in [-0.25, -0.2) is 4.39 Å². The van der Waals surface area contributed by atoms with E-state index in [-0.39, 0.29) is 10.8 Å². The van der Waals surface area contributed by atoms with E-state index in [2.05, 4.69) is 29.3 Å². The van der Waals surface area contributed by atoms with Crippen molar-refractivity contribution in [3.63, 3.8) is 0 Å². The normalized spacial score (nSPS) is 17.6. The first kappa shape index (κ1) is 13.3. The van der Waals surface area contributed by atoms with E-state index in [4.69, 9.17) is 11.6 Å². The molecule has 0 radical (unpaired) electrons. The van der Waals surface area contributed by atoms with Gasteiger partial charge in [0.15, 0.2) is 0 Å². The second kappa shape index (κ2) is 5.33. The fraction of sp³-hybridized carbons (Fsp3) is 0.250. The van der Waals surface area contributed by atoms with Crippen molar-refractivity contribution >= 4 is 23.0 Å². The molecule has 0 bridgehead atoms. The highest BCUT2D eigenvalue weighted by Gasteiger charge is 2.23. The first-order valence-corrected chi connectivity index (χ1v) is 7.07. The standard InChI is InChI=1S/C16H16ClFN2/c1-11-9-19-14-7-2-3-8-15(14)20(11)10-12-5-4-6-13(18)16(12)17/h2-8,11,19H,9-10H2,1H3. The molecule has 0 amide bonds. The maximum absolute atomic E-state index is 13.6. The average Bonchev–Trinajstić information content (AvgIpc) is 2.46. The Balaban J connectivity index is 1.96. The highest BCUT2D eigenvalue weighted by molar-refractivity contribution is 6.31. The van der Waals surface area contributed by atoms with E-state index in [9.17, 15) is 4.39 Å². The van der Waals surface area contributed by atoms with Crippen LogP contribution in [0.1, 0.15) is 12.5 Å². The van der Waals surface area contributed by atoms with E-state index in [1.165, 1.54) is 6.07 Å². The topological polar surface area (TPSA) is 15.3 Å². The molecule has 1 aliphatic heterocycles. The Kier molecular flexibility index (Phi) is 3.53. The molecule has 0 aromatic heterocycles. The summed E-state index contributed by atoms with van der Waals surface area (Å²) in [5.41, 5.74) is 3.06. The Morgan fingerprint density at radius 2 is 2.05 bits per heavy atom. The summed E-state index contributed by atoms with van der Waals surface area (Å²) >= 11 is 6.07. The second-order valence-corrected chi connectivity index (χ2v) is 5.47. The molecule has 3 rings (SSSR count). The van der Waals surface area contributed by atoms with Crippen molar-refractivity contribution in [1.29, 1.82) is 0 Å². The second-order valence-electron chi connectivity index (χ2n) is 5.09. The fourth-order valence-electron chi connectivity index (χ4n) is 2.57. The highest BCUT2D eigenvalue weighted by Crippen LogP contribution is 2.33. The molecule has 104 valence electrons. The van der Waals surface area contributed by atoms with Crippen LogP contribution in [0.15, 0.2) is 42.5 Å². The van der Waals surface area contributed by atoms with Crippen LogP contribution in [0, 0.1) is 5.82 Å². The molecule has 0 spiro atoms. The fourth-order valence-corrected chi connectivity index (χ4v) is 2.76. The molecule has 1 atom stereocenters. The minimum absolute atomic E-state index is 0.218. The summed E-state index contributed by atoms with van der Waals surface area (Å²) in [7, 11) is 0. The largest absolute Gasteiger partial charge is 0.381 e. The zero-order valence-electron chi connectivity index (χ0n) is 11.2. The number of fused-ring (bicyclic) bond motifs is 1. The van der Waals surface area contributed by atoms with Gasteiger partial charge in [-0.2, -0.15) is 0 Å². The summed E-state index contributed by atoms with van der Waals surface area (Å²) in [5.74, 6) is -0.361. The minimum Gasteiger partial charge on any atom is -0.381 e.